The lowest BCUT2D eigenvalue weighted by Crippen LogP contribution is -2.53. The highest BCUT2D eigenvalue weighted by Crippen LogP contribution is 2.38. The lowest BCUT2D eigenvalue weighted by Gasteiger charge is -2.39. The van der Waals surface area contributed by atoms with Crippen LogP contribution >= 0.6 is 0 Å². The van der Waals surface area contributed by atoms with Gasteiger partial charge in [-0.1, -0.05) is 31.4 Å². The molecule has 0 unspecified atom stereocenters. The summed E-state index contributed by atoms with van der Waals surface area (Å²) in [5.41, 5.74) is 6.67. The first-order valence-corrected chi connectivity index (χ1v) is 9.51. The van der Waals surface area contributed by atoms with E-state index in [4.69, 9.17) is 5.73 Å². The number of piperazine rings is 1. The molecule has 2 aliphatic rings. The largest absolute Gasteiger partial charge is 0.335 e. The molecule has 1 aliphatic carbocycles. The Kier molecular flexibility index (Phi) is 5.91. The second kappa shape index (κ2) is 8.16. The summed E-state index contributed by atoms with van der Waals surface area (Å²) in [6, 6.07) is 6.28. The quantitative estimate of drug-likeness (QED) is 0.875. The number of carbonyl (C=O) groups excluding carboxylic acids is 2. The van der Waals surface area contributed by atoms with Gasteiger partial charge in [0, 0.05) is 26.1 Å². The Bertz CT molecular complexity index is 658. The lowest BCUT2D eigenvalue weighted by atomic mass is 9.71. The van der Waals surface area contributed by atoms with Crippen LogP contribution in [0.1, 0.15) is 44.1 Å². The Morgan fingerprint density at radius 1 is 1.19 bits per heavy atom. The van der Waals surface area contributed by atoms with Crippen molar-refractivity contribution in [1.82, 2.24) is 9.80 Å². The van der Waals surface area contributed by atoms with Crippen molar-refractivity contribution >= 4 is 11.8 Å². The molecule has 1 saturated carbocycles. The number of hydrogen-bond donors (Lipinski definition) is 1. The van der Waals surface area contributed by atoms with Crippen LogP contribution in [0.3, 0.4) is 0 Å². The SMILES string of the molecule is NCC1(CC(=O)N2CCN(Cc3cccc(F)c3)C(=O)C2)CCCCC1. The van der Waals surface area contributed by atoms with Gasteiger partial charge in [0.15, 0.2) is 0 Å². The molecular weight excluding hydrogens is 333 g/mol. The fraction of sp³-hybridized carbons (Fsp3) is 0.600. The van der Waals surface area contributed by atoms with Crippen molar-refractivity contribution < 1.29 is 14.0 Å². The smallest absolute Gasteiger partial charge is 0.242 e. The fourth-order valence-corrected chi connectivity index (χ4v) is 4.13. The van der Waals surface area contributed by atoms with Gasteiger partial charge < -0.3 is 15.5 Å². The number of nitrogens with zero attached hydrogens (tertiary/aromatic N) is 2. The van der Waals surface area contributed by atoms with E-state index in [1.54, 1.807) is 15.9 Å². The standard InChI is InChI=1S/C20H28FN3O2/c21-17-6-4-5-16(11-17)13-23-9-10-24(14-19(23)26)18(25)12-20(15-22)7-2-1-3-8-20/h4-6,11H,1-3,7-10,12-15,22H2. The molecular formula is C20H28FN3O2. The van der Waals surface area contributed by atoms with Crippen LogP contribution < -0.4 is 5.73 Å². The van der Waals surface area contributed by atoms with Crippen LogP contribution in [0.4, 0.5) is 4.39 Å². The van der Waals surface area contributed by atoms with Gasteiger partial charge in [0.05, 0.1) is 6.54 Å². The highest BCUT2D eigenvalue weighted by molar-refractivity contribution is 5.86. The second-order valence-electron chi connectivity index (χ2n) is 7.70. The van der Waals surface area contributed by atoms with Gasteiger partial charge >= 0.3 is 0 Å². The van der Waals surface area contributed by atoms with Gasteiger partial charge in [-0.3, -0.25) is 9.59 Å². The van der Waals surface area contributed by atoms with Gasteiger partial charge in [-0.25, -0.2) is 4.39 Å². The number of hydrogen-bond acceptors (Lipinski definition) is 3. The molecule has 2 N–H and O–H groups in total. The topological polar surface area (TPSA) is 66.6 Å². The van der Waals surface area contributed by atoms with Crippen molar-refractivity contribution in [3.05, 3.63) is 35.6 Å². The van der Waals surface area contributed by atoms with Crippen LogP contribution in [0.15, 0.2) is 24.3 Å². The molecule has 2 fully saturated rings. The van der Waals surface area contributed by atoms with Crippen LogP contribution in [0.5, 0.6) is 0 Å². The molecule has 1 saturated heterocycles. The Morgan fingerprint density at radius 3 is 2.62 bits per heavy atom. The maximum atomic E-state index is 13.3. The van der Waals surface area contributed by atoms with Crippen molar-refractivity contribution in [2.24, 2.45) is 11.1 Å². The van der Waals surface area contributed by atoms with E-state index < -0.39 is 0 Å². The molecule has 6 heteroatoms. The lowest BCUT2D eigenvalue weighted by molar-refractivity contribution is -0.147. The molecule has 1 heterocycles. The zero-order valence-electron chi connectivity index (χ0n) is 15.3. The molecule has 1 aliphatic heterocycles. The average Bonchev–Trinajstić information content (AvgIpc) is 2.64. The summed E-state index contributed by atoms with van der Waals surface area (Å²) in [5.74, 6) is -0.348. The molecule has 0 spiro atoms. The summed E-state index contributed by atoms with van der Waals surface area (Å²) >= 11 is 0. The Hall–Kier alpha value is -1.95. The normalized spacial score (nSPS) is 20.3. The van der Waals surface area contributed by atoms with Crippen molar-refractivity contribution in [2.45, 2.75) is 45.1 Å². The second-order valence-corrected chi connectivity index (χ2v) is 7.70. The molecule has 3 rings (SSSR count). The number of amides is 2. The molecule has 142 valence electrons. The monoisotopic (exact) mass is 361 g/mol. The molecule has 0 aromatic heterocycles. The Morgan fingerprint density at radius 2 is 1.96 bits per heavy atom. The van der Waals surface area contributed by atoms with E-state index in [0.717, 1.165) is 31.2 Å². The Balaban J connectivity index is 1.56. The number of carbonyl (C=O) groups is 2. The van der Waals surface area contributed by atoms with Gasteiger partial charge in [-0.15, -0.1) is 0 Å². The minimum atomic E-state index is -0.302. The summed E-state index contributed by atoms with van der Waals surface area (Å²) < 4.78 is 13.3. The molecule has 0 radical (unpaired) electrons. The summed E-state index contributed by atoms with van der Waals surface area (Å²) in [4.78, 5) is 28.5. The summed E-state index contributed by atoms with van der Waals surface area (Å²) in [6.07, 6.45) is 5.93. The highest BCUT2D eigenvalue weighted by atomic mass is 19.1. The predicted octanol–water partition coefficient (Wildman–Crippen LogP) is 2.30. The van der Waals surface area contributed by atoms with Crippen molar-refractivity contribution in [2.75, 3.05) is 26.2 Å². The van der Waals surface area contributed by atoms with Crippen LogP contribution in [-0.4, -0.2) is 47.8 Å². The number of halogens is 1. The molecule has 1 aromatic carbocycles. The van der Waals surface area contributed by atoms with Gasteiger partial charge in [-0.2, -0.15) is 0 Å². The van der Waals surface area contributed by atoms with Crippen molar-refractivity contribution in [3.8, 4) is 0 Å². The number of rotatable bonds is 5. The van der Waals surface area contributed by atoms with Gasteiger partial charge in [0.2, 0.25) is 11.8 Å². The zero-order chi connectivity index (χ0) is 18.6. The molecule has 26 heavy (non-hydrogen) atoms. The minimum Gasteiger partial charge on any atom is -0.335 e. The van der Waals surface area contributed by atoms with Gasteiger partial charge in [0.1, 0.15) is 5.82 Å². The van der Waals surface area contributed by atoms with E-state index in [0.29, 0.717) is 32.6 Å². The van der Waals surface area contributed by atoms with Crippen LogP contribution in [0.2, 0.25) is 0 Å². The van der Waals surface area contributed by atoms with Crippen LogP contribution in [0, 0.1) is 11.2 Å². The molecule has 0 atom stereocenters. The fourth-order valence-electron chi connectivity index (χ4n) is 4.13. The average molecular weight is 361 g/mol. The van der Waals surface area contributed by atoms with Crippen LogP contribution in [-0.2, 0) is 16.1 Å². The molecule has 1 aromatic rings. The van der Waals surface area contributed by atoms with Crippen molar-refractivity contribution in [1.29, 1.82) is 0 Å². The third kappa shape index (κ3) is 4.41. The van der Waals surface area contributed by atoms with Gasteiger partial charge in [0.25, 0.3) is 0 Å². The summed E-state index contributed by atoms with van der Waals surface area (Å²) in [6.45, 7) is 2.03. The first-order chi connectivity index (χ1) is 12.5. The van der Waals surface area contributed by atoms with E-state index >= 15 is 0 Å². The molecule has 0 bridgehead atoms. The zero-order valence-corrected chi connectivity index (χ0v) is 15.3. The Labute approximate surface area is 154 Å². The molecule has 5 nitrogen and oxygen atoms in total. The van der Waals surface area contributed by atoms with E-state index in [-0.39, 0.29) is 29.6 Å². The van der Waals surface area contributed by atoms with E-state index in [2.05, 4.69) is 0 Å². The number of nitrogens with two attached hydrogens (primary N) is 1. The van der Waals surface area contributed by atoms with E-state index in [1.807, 2.05) is 6.07 Å². The third-order valence-corrected chi connectivity index (χ3v) is 5.81. The number of benzene rings is 1. The highest BCUT2D eigenvalue weighted by Gasteiger charge is 2.36. The maximum Gasteiger partial charge on any atom is 0.242 e. The van der Waals surface area contributed by atoms with E-state index in [1.165, 1.54) is 18.6 Å². The molecule has 2 amide bonds. The minimum absolute atomic E-state index is 0.0381. The van der Waals surface area contributed by atoms with Crippen LogP contribution in [0.25, 0.3) is 0 Å². The maximum absolute atomic E-state index is 13.3. The first kappa shape index (κ1) is 18.8. The van der Waals surface area contributed by atoms with Gasteiger partial charge in [-0.05, 0) is 42.5 Å². The summed E-state index contributed by atoms with van der Waals surface area (Å²) in [5, 5.41) is 0. The summed E-state index contributed by atoms with van der Waals surface area (Å²) in [7, 11) is 0. The third-order valence-electron chi connectivity index (χ3n) is 5.81. The predicted molar refractivity (Wildman–Crippen MR) is 97.6 cm³/mol. The van der Waals surface area contributed by atoms with E-state index in [9.17, 15) is 14.0 Å². The van der Waals surface area contributed by atoms with Crippen molar-refractivity contribution in [3.63, 3.8) is 0 Å². The first-order valence-electron chi connectivity index (χ1n) is 9.51.